The van der Waals surface area contributed by atoms with Gasteiger partial charge in [0.05, 0.1) is 0 Å². The topological polar surface area (TPSA) is 21.3 Å². The Morgan fingerprint density at radius 3 is 2.85 bits per heavy atom. The fourth-order valence-corrected chi connectivity index (χ4v) is 1.61. The second kappa shape index (κ2) is 2.89. The molecular formula is C11H13NO. The molecule has 0 spiro atoms. The lowest BCUT2D eigenvalue weighted by molar-refractivity contribution is -0.0181. The number of nitrogens with one attached hydrogen (secondary N) is 1. The van der Waals surface area contributed by atoms with E-state index in [-0.39, 0.29) is 5.72 Å². The smallest absolute Gasteiger partial charge is 0.161 e. The van der Waals surface area contributed by atoms with E-state index in [2.05, 4.69) is 23.5 Å². The Kier molecular flexibility index (Phi) is 1.85. The first-order valence-corrected chi connectivity index (χ1v) is 4.35. The molecule has 13 heavy (non-hydrogen) atoms. The van der Waals surface area contributed by atoms with Crippen LogP contribution in [0.5, 0.6) is 0 Å². The summed E-state index contributed by atoms with van der Waals surface area (Å²) in [5, 5.41) is 3.20. The lowest BCUT2D eigenvalue weighted by atomic mass is 9.96. The monoisotopic (exact) mass is 175 g/mol. The molecule has 1 aliphatic heterocycles. The number of methoxy groups -OCH3 is 1. The van der Waals surface area contributed by atoms with E-state index in [4.69, 9.17) is 4.74 Å². The summed E-state index contributed by atoms with van der Waals surface area (Å²) < 4.78 is 5.44. The van der Waals surface area contributed by atoms with Crippen molar-refractivity contribution < 1.29 is 4.74 Å². The molecule has 2 nitrogen and oxygen atoms in total. The molecule has 0 aliphatic carbocycles. The highest BCUT2D eigenvalue weighted by molar-refractivity contribution is 5.57. The molecular weight excluding hydrogens is 162 g/mol. The lowest BCUT2D eigenvalue weighted by Crippen LogP contribution is -2.40. The van der Waals surface area contributed by atoms with E-state index in [1.165, 1.54) is 11.1 Å². The van der Waals surface area contributed by atoms with Gasteiger partial charge in [-0.3, -0.25) is 0 Å². The van der Waals surface area contributed by atoms with Crippen LogP contribution in [0, 0.1) is 0 Å². The number of hydrogen-bond acceptors (Lipinski definition) is 2. The lowest BCUT2D eigenvalue weighted by Gasteiger charge is -2.33. The summed E-state index contributed by atoms with van der Waals surface area (Å²) >= 11 is 0. The van der Waals surface area contributed by atoms with Crippen molar-refractivity contribution in [2.24, 2.45) is 0 Å². The maximum atomic E-state index is 5.44. The van der Waals surface area contributed by atoms with Crippen LogP contribution < -0.4 is 5.32 Å². The van der Waals surface area contributed by atoms with E-state index in [0.717, 1.165) is 0 Å². The third kappa shape index (κ3) is 1.23. The molecule has 1 heterocycles. The Bertz CT molecular complexity index is 346. The number of hydrogen-bond donors (Lipinski definition) is 1. The number of ether oxygens (including phenoxy) is 1. The van der Waals surface area contributed by atoms with Crippen molar-refractivity contribution in [1.82, 2.24) is 5.32 Å². The minimum absolute atomic E-state index is 0.384. The van der Waals surface area contributed by atoms with E-state index in [1.54, 1.807) is 7.11 Å². The van der Waals surface area contributed by atoms with Crippen LogP contribution in [0.2, 0.25) is 0 Å². The first kappa shape index (κ1) is 8.32. The van der Waals surface area contributed by atoms with Crippen LogP contribution in [-0.4, -0.2) is 7.11 Å². The average molecular weight is 175 g/mol. The van der Waals surface area contributed by atoms with Gasteiger partial charge in [0.15, 0.2) is 5.72 Å². The summed E-state index contributed by atoms with van der Waals surface area (Å²) in [6, 6.07) is 8.22. The second-order valence-corrected chi connectivity index (χ2v) is 3.30. The molecule has 1 atom stereocenters. The molecule has 1 aromatic rings. The van der Waals surface area contributed by atoms with E-state index in [9.17, 15) is 0 Å². The van der Waals surface area contributed by atoms with E-state index >= 15 is 0 Å². The molecule has 0 amide bonds. The van der Waals surface area contributed by atoms with Gasteiger partial charge >= 0.3 is 0 Å². The first-order chi connectivity index (χ1) is 6.26. The highest BCUT2D eigenvalue weighted by Crippen LogP contribution is 2.28. The molecule has 0 fully saturated rings. The third-order valence-corrected chi connectivity index (χ3v) is 2.50. The minimum Gasteiger partial charge on any atom is -0.360 e. The summed E-state index contributed by atoms with van der Waals surface area (Å²) in [5.41, 5.74) is 2.01. The van der Waals surface area contributed by atoms with Crippen LogP contribution in [0.15, 0.2) is 30.5 Å². The zero-order chi connectivity index (χ0) is 9.31. The molecule has 0 saturated heterocycles. The fourth-order valence-electron chi connectivity index (χ4n) is 1.61. The van der Waals surface area contributed by atoms with Gasteiger partial charge in [-0.15, -0.1) is 0 Å². The zero-order valence-electron chi connectivity index (χ0n) is 7.87. The summed E-state index contributed by atoms with van der Waals surface area (Å²) in [6.07, 6.45) is 3.97. The fraction of sp³-hybridized carbons (Fsp3) is 0.273. The van der Waals surface area contributed by atoms with Crippen LogP contribution >= 0.6 is 0 Å². The van der Waals surface area contributed by atoms with Gasteiger partial charge in [-0.05, 0) is 24.8 Å². The van der Waals surface area contributed by atoms with Gasteiger partial charge in [-0.1, -0.05) is 24.3 Å². The quantitative estimate of drug-likeness (QED) is 0.705. The maximum absolute atomic E-state index is 5.44. The molecule has 0 aromatic heterocycles. The Morgan fingerprint density at radius 2 is 2.08 bits per heavy atom. The van der Waals surface area contributed by atoms with Gasteiger partial charge in [-0.25, -0.2) is 0 Å². The number of fused-ring (bicyclic) bond motifs is 1. The SMILES string of the molecule is COC1(C)NC=Cc2ccccc21. The third-order valence-electron chi connectivity index (χ3n) is 2.50. The highest BCUT2D eigenvalue weighted by atomic mass is 16.5. The summed E-state index contributed by atoms with van der Waals surface area (Å²) in [7, 11) is 1.71. The predicted molar refractivity (Wildman–Crippen MR) is 53.0 cm³/mol. The molecule has 0 saturated carbocycles. The van der Waals surface area contributed by atoms with Gasteiger partial charge in [0.25, 0.3) is 0 Å². The zero-order valence-corrected chi connectivity index (χ0v) is 7.87. The van der Waals surface area contributed by atoms with Gasteiger partial charge < -0.3 is 10.1 Å². The molecule has 68 valence electrons. The molecule has 2 heteroatoms. The largest absolute Gasteiger partial charge is 0.360 e. The number of rotatable bonds is 1. The summed E-state index contributed by atoms with van der Waals surface area (Å²) in [4.78, 5) is 0. The van der Waals surface area contributed by atoms with Crippen molar-refractivity contribution in [3.63, 3.8) is 0 Å². The van der Waals surface area contributed by atoms with Crippen LogP contribution in [0.3, 0.4) is 0 Å². The number of benzene rings is 1. The van der Waals surface area contributed by atoms with Gasteiger partial charge in [-0.2, -0.15) is 0 Å². The van der Waals surface area contributed by atoms with Crippen molar-refractivity contribution in [1.29, 1.82) is 0 Å². The van der Waals surface area contributed by atoms with Crippen molar-refractivity contribution in [3.05, 3.63) is 41.6 Å². The van der Waals surface area contributed by atoms with Crippen LogP contribution in [-0.2, 0) is 10.5 Å². The Hall–Kier alpha value is -1.28. The van der Waals surface area contributed by atoms with E-state index in [0.29, 0.717) is 0 Å². The molecule has 1 unspecified atom stereocenters. The predicted octanol–water partition coefficient (Wildman–Crippen LogP) is 2.08. The first-order valence-electron chi connectivity index (χ1n) is 4.35. The van der Waals surface area contributed by atoms with Crippen molar-refractivity contribution in [3.8, 4) is 0 Å². The molecule has 0 radical (unpaired) electrons. The molecule has 0 bridgehead atoms. The van der Waals surface area contributed by atoms with Crippen molar-refractivity contribution in [2.75, 3.05) is 7.11 Å². The van der Waals surface area contributed by atoms with Gasteiger partial charge in [0.1, 0.15) is 0 Å². The normalized spacial score (nSPS) is 25.1. The molecule has 1 N–H and O–H groups in total. The molecule has 1 aliphatic rings. The van der Waals surface area contributed by atoms with Crippen molar-refractivity contribution >= 4 is 6.08 Å². The average Bonchev–Trinajstić information content (AvgIpc) is 2.19. The van der Waals surface area contributed by atoms with Gasteiger partial charge in [0.2, 0.25) is 0 Å². The Labute approximate surface area is 78.2 Å². The van der Waals surface area contributed by atoms with Crippen LogP contribution in [0.1, 0.15) is 18.1 Å². The second-order valence-electron chi connectivity index (χ2n) is 3.30. The van der Waals surface area contributed by atoms with Crippen molar-refractivity contribution in [2.45, 2.75) is 12.6 Å². The Balaban J connectivity index is 2.55. The summed E-state index contributed by atoms with van der Waals surface area (Å²) in [5.74, 6) is 0. The summed E-state index contributed by atoms with van der Waals surface area (Å²) in [6.45, 7) is 2.02. The Morgan fingerprint density at radius 1 is 1.31 bits per heavy atom. The maximum Gasteiger partial charge on any atom is 0.161 e. The standard InChI is InChI=1S/C11H13NO/c1-11(13-2)10-6-4-3-5-9(10)7-8-12-11/h3-8,12H,1-2H3. The highest BCUT2D eigenvalue weighted by Gasteiger charge is 2.28. The van der Waals surface area contributed by atoms with E-state index < -0.39 is 0 Å². The van der Waals surface area contributed by atoms with Crippen LogP contribution in [0.4, 0.5) is 0 Å². The minimum atomic E-state index is -0.384. The van der Waals surface area contributed by atoms with Gasteiger partial charge in [0, 0.05) is 12.7 Å². The molecule has 2 rings (SSSR count). The van der Waals surface area contributed by atoms with E-state index in [1.807, 2.05) is 25.3 Å². The molecule has 1 aromatic carbocycles. The van der Waals surface area contributed by atoms with Crippen LogP contribution in [0.25, 0.3) is 6.08 Å².